The average molecular weight is 486 g/mol. The number of anilines is 2. The third-order valence-corrected chi connectivity index (χ3v) is 6.70. The summed E-state index contributed by atoms with van der Waals surface area (Å²) in [5, 5.41) is 12.2. The molecule has 9 heteroatoms. The first-order valence-electron chi connectivity index (χ1n) is 12.1. The number of aromatic nitrogens is 3. The van der Waals surface area contributed by atoms with E-state index in [1.807, 2.05) is 16.5 Å². The molecule has 0 spiro atoms. The van der Waals surface area contributed by atoms with Gasteiger partial charge in [0.2, 0.25) is 16.0 Å². The number of nitrogens with zero attached hydrogens (tertiary/aromatic N) is 5. The first kappa shape index (κ1) is 26.0. The highest BCUT2D eigenvalue weighted by Crippen LogP contribution is 2.34. The van der Waals surface area contributed by atoms with Crippen LogP contribution in [0.5, 0.6) is 0 Å². The first-order chi connectivity index (χ1) is 16.1. The standard InChI is InChI=1S/C25H39N7OS/c1-8-18-11-13-19(14-12-18)21-22(28-25(4,5)6)32-23(27-21)34-24(29-32)30(7)17-20(33)26-15-16-31(9-2)10-3/h11-14,28H,8-10,15-17H2,1-7H3,(H,26,33). The molecule has 186 valence electrons. The number of carbonyl (C=O) groups is 1. The Morgan fingerprint density at radius 1 is 1.12 bits per heavy atom. The lowest BCUT2D eigenvalue weighted by Crippen LogP contribution is -2.39. The number of carbonyl (C=O) groups excluding carboxylic acids is 1. The van der Waals surface area contributed by atoms with Gasteiger partial charge in [0, 0.05) is 31.2 Å². The third kappa shape index (κ3) is 6.48. The van der Waals surface area contributed by atoms with Crippen molar-refractivity contribution in [1.82, 2.24) is 24.8 Å². The van der Waals surface area contributed by atoms with Gasteiger partial charge in [0.1, 0.15) is 5.69 Å². The Bertz CT molecular complexity index is 1080. The molecule has 0 bridgehead atoms. The van der Waals surface area contributed by atoms with Crippen molar-refractivity contribution in [3.8, 4) is 11.3 Å². The van der Waals surface area contributed by atoms with E-state index in [1.54, 1.807) is 0 Å². The van der Waals surface area contributed by atoms with Gasteiger partial charge in [0.05, 0.1) is 6.54 Å². The van der Waals surface area contributed by atoms with Gasteiger partial charge in [-0.2, -0.15) is 4.52 Å². The number of hydrogen-bond acceptors (Lipinski definition) is 7. The summed E-state index contributed by atoms with van der Waals surface area (Å²) in [6, 6.07) is 8.54. The van der Waals surface area contributed by atoms with Crippen LogP contribution < -0.4 is 15.5 Å². The number of imidazole rings is 1. The van der Waals surface area contributed by atoms with Crippen LogP contribution in [-0.4, -0.2) is 70.7 Å². The Hall–Kier alpha value is -2.65. The van der Waals surface area contributed by atoms with E-state index < -0.39 is 0 Å². The Morgan fingerprint density at radius 2 is 1.79 bits per heavy atom. The predicted octanol–water partition coefficient (Wildman–Crippen LogP) is 4.12. The van der Waals surface area contributed by atoms with Crippen LogP contribution in [-0.2, 0) is 11.2 Å². The Labute approximate surface area is 207 Å². The number of nitrogens with one attached hydrogen (secondary N) is 2. The highest BCUT2D eigenvalue weighted by Gasteiger charge is 2.23. The van der Waals surface area contributed by atoms with Crippen molar-refractivity contribution >= 4 is 33.2 Å². The maximum Gasteiger partial charge on any atom is 0.239 e. The van der Waals surface area contributed by atoms with E-state index in [2.05, 4.69) is 81.3 Å². The van der Waals surface area contributed by atoms with Crippen LogP contribution in [0.15, 0.2) is 24.3 Å². The maximum atomic E-state index is 12.5. The molecule has 3 aromatic rings. The summed E-state index contributed by atoms with van der Waals surface area (Å²) in [7, 11) is 1.89. The van der Waals surface area contributed by atoms with Crippen LogP contribution in [0.25, 0.3) is 16.2 Å². The molecule has 0 aliphatic rings. The molecular formula is C25H39N7OS. The van der Waals surface area contributed by atoms with Gasteiger partial charge < -0.3 is 20.4 Å². The fourth-order valence-electron chi connectivity index (χ4n) is 3.69. The Morgan fingerprint density at radius 3 is 2.38 bits per heavy atom. The van der Waals surface area contributed by atoms with E-state index in [0.717, 1.165) is 53.2 Å². The van der Waals surface area contributed by atoms with Crippen LogP contribution in [0, 0.1) is 0 Å². The highest BCUT2D eigenvalue weighted by atomic mass is 32.1. The van der Waals surface area contributed by atoms with E-state index in [0.29, 0.717) is 6.54 Å². The van der Waals surface area contributed by atoms with Crippen molar-refractivity contribution < 1.29 is 4.79 Å². The number of amides is 1. The lowest BCUT2D eigenvalue weighted by atomic mass is 10.1. The molecule has 2 aromatic heterocycles. The monoisotopic (exact) mass is 485 g/mol. The molecule has 0 fully saturated rings. The molecule has 3 rings (SSSR count). The first-order valence-corrected chi connectivity index (χ1v) is 12.9. The lowest BCUT2D eigenvalue weighted by molar-refractivity contribution is -0.119. The SMILES string of the molecule is CCc1ccc(-c2nc3sc(N(C)CC(=O)NCCN(CC)CC)nn3c2NC(C)(C)C)cc1. The molecule has 0 unspecified atom stereocenters. The molecule has 0 radical (unpaired) electrons. The zero-order chi connectivity index (χ0) is 24.9. The Kier molecular flexibility index (Phi) is 8.54. The predicted molar refractivity (Wildman–Crippen MR) is 143 cm³/mol. The van der Waals surface area contributed by atoms with Gasteiger partial charge in [-0.1, -0.05) is 56.4 Å². The normalized spacial score (nSPS) is 11.9. The number of fused-ring (bicyclic) bond motifs is 1. The van der Waals surface area contributed by atoms with Crippen LogP contribution in [0.1, 0.15) is 47.1 Å². The zero-order valence-electron chi connectivity index (χ0n) is 21.6. The summed E-state index contributed by atoms with van der Waals surface area (Å²) in [5.41, 5.74) is 3.09. The van der Waals surface area contributed by atoms with Gasteiger partial charge in [-0.15, -0.1) is 5.10 Å². The van der Waals surface area contributed by atoms with Gasteiger partial charge in [-0.3, -0.25) is 4.79 Å². The van der Waals surface area contributed by atoms with E-state index in [4.69, 9.17) is 10.1 Å². The van der Waals surface area contributed by atoms with Gasteiger partial charge in [0.25, 0.3) is 0 Å². The van der Waals surface area contributed by atoms with Crippen LogP contribution >= 0.6 is 11.3 Å². The fourth-order valence-corrected chi connectivity index (χ4v) is 4.55. The summed E-state index contributed by atoms with van der Waals surface area (Å²) in [6.07, 6.45) is 1.01. The van der Waals surface area contributed by atoms with Gasteiger partial charge in [0.15, 0.2) is 5.82 Å². The van der Waals surface area contributed by atoms with Crippen molar-refractivity contribution in [3.63, 3.8) is 0 Å². The smallest absolute Gasteiger partial charge is 0.239 e. The topological polar surface area (TPSA) is 77.8 Å². The summed E-state index contributed by atoms with van der Waals surface area (Å²) in [5.74, 6) is 0.860. The zero-order valence-corrected chi connectivity index (χ0v) is 22.4. The number of rotatable bonds is 11. The van der Waals surface area contributed by atoms with Gasteiger partial charge >= 0.3 is 0 Å². The van der Waals surface area contributed by atoms with Crippen molar-refractivity contribution in [2.45, 2.75) is 53.5 Å². The summed E-state index contributed by atoms with van der Waals surface area (Å²) in [6.45, 7) is 16.5. The average Bonchev–Trinajstić information content (AvgIpc) is 3.35. The minimum atomic E-state index is -0.158. The summed E-state index contributed by atoms with van der Waals surface area (Å²) in [4.78, 5) is 22.3. The van der Waals surface area contributed by atoms with Crippen molar-refractivity contribution in [1.29, 1.82) is 0 Å². The van der Waals surface area contributed by atoms with E-state index in [1.165, 1.54) is 16.9 Å². The summed E-state index contributed by atoms with van der Waals surface area (Å²) < 4.78 is 1.86. The molecule has 34 heavy (non-hydrogen) atoms. The van der Waals surface area contributed by atoms with Crippen LogP contribution in [0.2, 0.25) is 0 Å². The molecule has 2 N–H and O–H groups in total. The van der Waals surface area contributed by atoms with Crippen molar-refractivity contribution in [2.75, 3.05) is 50.0 Å². The number of aryl methyl sites for hydroxylation is 1. The maximum absolute atomic E-state index is 12.5. The summed E-state index contributed by atoms with van der Waals surface area (Å²) >= 11 is 1.49. The molecule has 2 heterocycles. The molecule has 1 amide bonds. The molecule has 0 saturated carbocycles. The van der Waals surface area contributed by atoms with E-state index in [-0.39, 0.29) is 18.0 Å². The second-order valence-corrected chi connectivity index (χ2v) is 10.5. The number of likely N-dealkylation sites (N-methyl/N-ethyl adjacent to an activating group) is 2. The largest absolute Gasteiger partial charge is 0.364 e. The molecule has 0 saturated heterocycles. The molecular weight excluding hydrogens is 446 g/mol. The van der Waals surface area contributed by atoms with E-state index >= 15 is 0 Å². The molecule has 1 aromatic carbocycles. The second kappa shape index (κ2) is 11.2. The Balaban J connectivity index is 1.79. The van der Waals surface area contributed by atoms with Crippen LogP contribution in [0.3, 0.4) is 0 Å². The highest BCUT2D eigenvalue weighted by molar-refractivity contribution is 7.20. The van der Waals surface area contributed by atoms with Gasteiger partial charge in [-0.25, -0.2) is 4.98 Å². The number of benzene rings is 1. The van der Waals surface area contributed by atoms with E-state index in [9.17, 15) is 4.79 Å². The van der Waals surface area contributed by atoms with Crippen LogP contribution in [0.4, 0.5) is 10.9 Å². The third-order valence-electron chi connectivity index (χ3n) is 5.67. The minimum Gasteiger partial charge on any atom is -0.364 e. The quantitative estimate of drug-likeness (QED) is 0.425. The van der Waals surface area contributed by atoms with Crippen molar-refractivity contribution in [2.24, 2.45) is 0 Å². The molecule has 8 nitrogen and oxygen atoms in total. The van der Waals surface area contributed by atoms with Crippen molar-refractivity contribution in [3.05, 3.63) is 29.8 Å². The second-order valence-electron chi connectivity index (χ2n) is 9.55. The molecule has 0 aliphatic heterocycles. The lowest BCUT2D eigenvalue weighted by Gasteiger charge is -2.22. The minimum absolute atomic E-state index is 0.00719. The number of hydrogen-bond donors (Lipinski definition) is 2. The molecule has 0 atom stereocenters. The van der Waals surface area contributed by atoms with Gasteiger partial charge in [-0.05, 0) is 45.8 Å². The molecule has 0 aliphatic carbocycles. The fraction of sp³-hybridized carbons (Fsp3) is 0.560.